The molecule has 1 heterocycles. The summed E-state index contributed by atoms with van der Waals surface area (Å²) in [6, 6.07) is 17.6. The standard InChI is InChI=1S/C19H19N3O2/c1-2-11-24-18-10-6-7-15(12-18)19-16(13-20-23)14-22(21-19)17-8-4-3-5-9-17/h3-10,12-14,23H,2,11H2,1H3/b20-13-. The molecule has 0 saturated heterocycles. The predicted molar refractivity (Wildman–Crippen MR) is 94.2 cm³/mol. The SMILES string of the molecule is CCCOc1cccc(-c2nn(-c3ccccc3)cc2/C=N\O)c1. The fraction of sp³-hybridized carbons (Fsp3) is 0.158. The summed E-state index contributed by atoms with van der Waals surface area (Å²) in [5, 5.41) is 16.8. The van der Waals surface area contributed by atoms with Crippen molar-refractivity contribution in [1.82, 2.24) is 9.78 Å². The van der Waals surface area contributed by atoms with Gasteiger partial charge in [0.2, 0.25) is 0 Å². The van der Waals surface area contributed by atoms with Crippen LogP contribution in [0.3, 0.4) is 0 Å². The van der Waals surface area contributed by atoms with Crippen LogP contribution in [0.4, 0.5) is 0 Å². The van der Waals surface area contributed by atoms with Gasteiger partial charge in [-0.15, -0.1) is 0 Å². The number of hydrogen-bond acceptors (Lipinski definition) is 4. The topological polar surface area (TPSA) is 59.6 Å². The van der Waals surface area contributed by atoms with Gasteiger partial charge in [-0.25, -0.2) is 4.68 Å². The molecule has 5 heteroatoms. The van der Waals surface area contributed by atoms with Crippen LogP contribution in [0.2, 0.25) is 0 Å². The molecular formula is C19H19N3O2. The molecule has 0 saturated carbocycles. The second-order valence-corrected chi connectivity index (χ2v) is 5.33. The van der Waals surface area contributed by atoms with Gasteiger partial charge >= 0.3 is 0 Å². The van der Waals surface area contributed by atoms with Gasteiger partial charge in [0.1, 0.15) is 11.4 Å². The molecule has 1 N–H and O–H groups in total. The zero-order valence-corrected chi connectivity index (χ0v) is 13.5. The van der Waals surface area contributed by atoms with E-state index in [1.54, 1.807) is 4.68 Å². The summed E-state index contributed by atoms with van der Waals surface area (Å²) < 4.78 is 7.46. The largest absolute Gasteiger partial charge is 0.494 e. The van der Waals surface area contributed by atoms with Crippen LogP contribution in [-0.2, 0) is 0 Å². The fourth-order valence-electron chi connectivity index (χ4n) is 2.43. The van der Waals surface area contributed by atoms with Crippen molar-refractivity contribution in [2.75, 3.05) is 6.61 Å². The van der Waals surface area contributed by atoms with Gasteiger partial charge in [0.05, 0.1) is 18.5 Å². The smallest absolute Gasteiger partial charge is 0.119 e. The first kappa shape index (κ1) is 15.8. The minimum atomic E-state index is 0.673. The molecule has 122 valence electrons. The zero-order chi connectivity index (χ0) is 16.8. The molecule has 0 radical (unpaired) electrons. The summed E-state index contributed by atoms with van der Waals surface area (Å²) in [6.07, 6.45) is 4.18. The van der Waals surface area contributed by atoms with Crippen molar-refractivity contribution >= 4 is 6.21 Å². The average Bonchev–Trinajstić information content (AvgIpc) is 3.05. The van der Waals surface area contributed by atoms with Crippen LogP contribution in [-0.4, -0.2) is 27.8 Å². The van der Waals surface area contributed by atoms with Gasteiger partial charge < -0.3 is 9.94 Å². The van der Waals surface area contributed by atoms with Crippen LogP contribution >= 0.6 is 0 Å². The van der Waals surface area contributed by atoms with Crippen LogP contribution in [0.1, 0.15) is 18.9 Å². The highest BCUT2D eigenvalue weighted by atomic mass is 16.5. The highest BCUT2D eigenvalue weighted by Gasteiger charge is 2.12. The van der Waals surface area contributed by atoms with Crippen molar-refractivity contribution in [2.45, 2.75) is 13.3 Å². The summed E-state index contributed by atoms with van der Waals surface area (Å²) in [5.41, 5.74) is 3.32. The number of oxime groups is 1. The number of rotatable bonds is 6. The van der Waals surface area contributed by atoms with Gasteiger partial charge in [0, 0.05) is 17.3 Å². The molecule has 0 aliphatic heterocycles. The third kappa shape index (κ3) is 3.46. The normalized spacial score (nSPS) is 11.0. The van der Waals surface area contributed by atoms with Gasteiger partial charge in [0.15, 0.2) is 0 Å². The van der Waals surface area contributed by atoms with Crippen LogP contribution in [0.5, 0.6) is 5.75 Å². The number of nitrogens with zero attached hydrogens (tertiary/aromatic N) is 3. The van der Waals surface area contributed by atoms with Gasteiger partial charge in [-0.2, -0.15) is 5.10 Å². The Morgan fingerprint density at radius 2 is 2.00 bits per heavy atom. The summed E-state index contributed by atoms with van der Waals surface area (Å²) in [7, 11) is 0. The lowest BCUT2D eigenvalue weighted by atomic mass is 10.1. The van der Waals surface area contributed by atoms with Gasteiger partial charge in [-0.3, -0.25) is 0 Å². The Morgan fingerprint density at radius 3 is 2.75 bits per heavy atom. The molecule has 1 aromatic heterocycles. The van der Waals surface area contributed by atoms with E-state index < -0.39 is 0 Å². The molecule has 0 spiro atoms. The number of hydrogen-bond donors (Lipinski definition) is 1. The molecule has 24 heavy (non-hydrogen) atoms. The number of para-hydroxylation sites is 1. The van der Waals surface area contributed by atoms with E-state index in [-0.39, 0.29) is 0 Å². The summed E-state index contributed by atoms with van der Waals surface area (Å²) in [4.78, 5) is 0. The molecule has 3 rings (SSSR count). The Bertz CT molecular complexity index is 826. The minimum absolute atomic E-state index is 0.673. The minimum Gasteiger partial charge on any atom is -0.494 e. The number of benzene rings is 2. The molecule has 0 fully saturated rings. The van der Waals surface area contributed by atoms with Crippen molar-refractivity contribution in [3.05, 3.63) is 66.4 Å². The molecule has 0 aliphatic rings. The Kier molecular flexibility index (Phi) is 4.91. The monoisotopic (exact) mass is 321 g/mol. The number of ether oxygens (including phenoxy) is 1. The molecule has 3 aromatic rings. The van der Waals surface area contributed by atoms with E-state index in [9.17, 15) is 0 Å². The van der Waals surface area contributed by atoms with E-state index in [0.29, 0.717) is 6.61 Å². The molecular weight excluding hydrogens is 302 g/mol. The second-order valence-electron chi connectivity index (χ2n) is 5.33. The Balaban J connectivity index is 2.02. The molecule has 0 unspecified atom stereocenters. The van der Waals surface area contributed by atoms with Gasteiger partial charge in [0.25, 0.3) is 0 Å². The third-order valence-electron chi connectivity index (χ3n) is 3.54. The maximum atomic E-state index is 8.95. The first-order chi connectivity index (χ1) is 11.8. The molecule has 0 atom stereocenters. The maximum Gasteiger partial charge on any atom is 0.119 e. The first-order valence-corrected chi connectivity index (χ1v) is 7.87. The summed E-state index contributed by atoms with van der Waals surface area (Å²) in [6.45, 7) is 2.74. The lowest BCUT2D eigenvalue weighted by Gasteiger charge is -2.06. The molecule has 0 aliphatic carbocycles. The van der Waals surface area contributed by atoms with Crippen LogP contribution in [0.15, 0.2) is 65.9 Å². The van der Waals surface area contributed by atoms with E-state index in [1.165, 1.54) is 6.21 Å². The van der Waals surface area contributed by atoms with Crippen molar-refractivity contribution in [2.24, 2.45) is 5.16 Å². The lowest BCUT2D eigenvalue weighted by molar-refractivity contribution is 0.317. The molecule has 0 amide bonds. The predicted octanol–water partition coefficient (Wildman–Crippen LogP) is 4.14. The molecule has 5 nitrogen and oxygen atoms in total. The van der Waals surface area contributed by atoms with Gasteiger partial charge in [-0.1, -0.05) is 42.4 Å². The van der Waals surface area contributed by atoms with Crippen LogP contribution in [0.25, 0.3) is 16.9 Å². The van der Waals surface area contributed by atoms with Gasteiger partial charge in [-0.05, 0) is 30.7 Å². The molecule has 0 bridgehead atoms. The maximum absolute atomic E-state index is 8.95. The Hall–Kier alpha value is -3.08. The Morgan fingerprint density at radius 1 is 1.17 bits per heavy atom. The van der Waals surface area contributed by atoms with Crippen molar-refractivity contribution in [1.29, 1.82) is 0 Å². The van der Waals surface area contributed by atoms with Crippen molar-refractivity contribution in [3.8, 4) is 22.7 Å². The summed E-state index contributed by atoms with van der Waals surface area (Å²) in [5.74, 6) is 0.801. The quantitative estimate of drug-likeness (QED) is 0.422. The fourth-order valence-corrected chi connectivity index (χ4v) is 2.43. The van der Waals surface area contributed by atoms with E-state index >= 15 is 0 Å². The van der Waals surface area contributed by atoms with E-state index in [2.05, 4.69) is 17.2 Å². The first-order valence-electron chi connectivity index (χ1n) is 7.87. The van der Waals surface area contributed by atoms with E-state index in [1.807, 2.05) is 60.8 Å². The lowest BCUT2D eigenvalue weighted by Crippen LogP contribution is -1.96. The number of aromatic nitrogens is 2. The van der Waals surface area contributed by atoms with Crippen LogP contribution < -0.4 is 4.74 Å². The van der Waals surface area contributed by atoms with Crippen molar-refractivity contribution < 1.29 is 9.94 Å². The van der Waals surface area contributed by atoms with Crippen LogP contribution in [0, 0.1) is 0 Å². The average molecular weight is 321 g/mol. The zero-order valence-electron chi connectivity index (χ0n) is 13.5. The highest BCUT2D eigenvalue weighted by molar-refractivity contribution is 5.88. The summed E-state index contributed by atoms with van der Waals surface area (Å²) >= 11 is 0. The Labute approximate surface area is 140 Å². The van der Waals surface area contributed by atoms with E-state index in [4.69, 9.17) is 9.94 Å². The molecule has 2 aromatic carbocycles. The third-order valence-corrected chi connectivity index (χ3v) is 3.54. The highest BCUT2D eigenvalue weighted by Crippen LogP contribution is 2.26. The van der Waals surface area contributed by atoms with Crippen molar-refractivity contribution in [3.63, 3.8) is 0 Å². The second kappa shape index (κ2) is 7.46. The van der Waals surface area contributed by atoms with E-state index in [0.717, 1.165) is 34.7 Å².